The molecule has 6 heteroatoms. The van der Waals surface area contributed by atoms with Crippen molar-refractivity contribution in [2.24, 2.45) is 5.73 Å². The van der Waals surface area contributed by atoms with Gasteiger partial charge in [-0.1, -0.05) is 0 Å². The zero-order valence-corrected chi connectivity index (χ0v) is 7.15. The molecule has 0 aromatic rings. The summed E-state index contributed by atoms with van der Waals surface area (Å²) in [4.78, 5) is 20.3. The maximum atomic E-state index is 9.10. The van der Waals surface area contributed by atoms with Crippen LogP contribution < -0.4 is 5.73 Å². The van der Waals surface area contributed by atoms with Gasteiger partial charge in [0, 0.05) is 13.1 Å². The van der Waals surface area contributed by atoms with Crippen molar-refractivity contribution in [3.8, 4) is 0 Å². The SMILES string of the molecule is CN(C)CCN.O=C(O)C(=O)O. The molecule has 0 saturated carbocycles. The molecular weight excluding hydrogens is 164 g/mol. The summed E-state index contributed by atoms with van der Waals surface area (Å²) in [5.41, 5.74) is 5.19. The molecule has 0 amide bonds. The largest absolute Gasteiger partial charge is 0.473 e. The van der Waals surface area contributed by atoms with Crippen molar-refractivity contribution in [1.29, 1.82) is 0 Å². The van der Waals surface area contributed by atoms with E-state index in [1.165, 1.54) is 0 Å². The van der Waals surface area contributed by atoms with Crippen LogP contribution >= 0.6 is 0 Å². The third-order valence-electron chi connectivity index (χ3n) is 0.759. The molecule has 6 nitrogen and oxygen atoms in total. The fourth-order valence-electron chi connectivity index (χ4n) is 0.258. The number of hydrogen-bond acceptors (Lipinski definition) is 4. The first kappa shape index (κ1) is 13.4. The Morgan fingerprint density at radius 3 is 1.58 bits per heavy atom. The second kappa shape index (κ2) is 7.96. The number of carbonyl (C=O) groups is 2. The van der Waals surface area contributed by atoms with E-state index in [1.807, 2.05) is 14.1 Å². The maximum Gasteiger partial charge on any atom is 0.414 e. The lowest BCUT2D eigenvalue weighted by Crippen LogP contribution is -2.20. The van der Waals surface area contributed by atoms with Gasteiger partial charge in [0.2, 0.25) is 0 Å². The Balaban J connectivity index is 0. The standard InChI is InChI=1S/C4H12N2.C2H2O4/c1-6(2)4-3-5;3-1(4)2(5)6/h3-5H2,1-2H3;(H,3,4)(H,5,6). The minimum absolute atomic E-state index is 0.757. The predicted molar refractivity (Wildman–Crippen MR) is 42.9 cm³/mol. The van der Waals surface area contributed by atoms with E-state index >= 15 is 0 Å². The van der Waals surface area contributed by atoms with Gasteiger partial charge < -0.3 is 20.8 Å². The molecule has 0 unspecified atom stereocenters. The summed E-state index contributed by atoms with van der Waals surface area (Å²) in [7, 11) is 4.01. The molecule has 4 N–H and O–H groups in total. The minimum atomic E-state index is -1.82. The number of rotatable bonds is 2. The van der Waals surface area contributed by atoms with Crippen LogP contribution in [0.15, 0.2) is 0 Å². The molecule has 0 aliphatic heterocycles. The fourth-order valence-corrected chi connectivity index (χ4v) is 0.258. The highest BCUT2D eigenvalue weighted by Crippen LogP contribution is 1.64. The Labute approximate surface area is 70.6 Å². The summed E-state index contributed by atoms with van der Waals surface area (Å²) < 4.78 is 0. The van der Waals surface area contributed by atoms with E-state index < -0.39 is 11.9 Å². The van der Waals surface area contributed by atoms with Crippen molar-refractivity contribution in [2.45, 2.75) is 0 Å². The summed E-state index contributed by atoms with van der Waals surface area (Å²) in [5.74, 6) is -3.65. The van der Waals surface area contributed by atoms with Gasteiger partial charge in [-0.3, -0.25) is 0 Å². The van der Waals surface area contributed by atoms with Crippen LogP contribution in [0.2, 0.25) is 0 Å². The van der Waals surface area contributed by atoms with Crippen molar-refractivity contribution >= 4 is 11.9 Å². The van der Waals surface area contributed by atoms with Crippen LogP contribution in [0, 0.1) is 0 Å². The highest BCUT2D eigenvalue weighted by molar-refractivity contribution is 6.27. The third kappa shape index (κ3) is 15.9. The quantitative estimate of drug-likeness (QED) is 0.452. The van der Waals surface area contributed by atoms with E-state index in [0.29, 0.717) is 0 Å². The van der Waals surface area contributed by atoms with Gasteiger partial charge in [0.15, 0.2) is 0 Å². The second-order valence-corrected chi connectivity index (χ2v) is 2.20. The normalized spacial score (nSPS) is 8.67. The van der Waals surface area contributed by atoms with Gasteiger partial charge in [-0.2, -0.15) is 0 Å². The van der Waals surface area contributed by atoms with E-state index in [0.717, 1.165) is 13.1 Å². The van der Waals surface area contributed by atoms with Crippen LogP contribution in [0.5, 0.6) is 0 Å². The lowest BCUT2D eigenvalue weighted by molar-refractivity contribution is -0.159. The van der Waals surface area contributed by atoms with Crippen molar-refractivity contribution < 1.29 is 19.8 Å². The molecule has 0 aliphatic rings. The van der Waals surface area contributed by atoms with Gasteiger partial charge in [-0.05, 0) is 14.1 Å². The molecule has 12 heavy (non-hydrogen) atoms. The molecule has 0 atom stereocenters. The first-order valence-electron chi connectivity index (χ1n) is 3.22. The average Bonchev–Trinajstić information content (AvgIpc) is 1.87. The molecule has 0 heterocycles. The van der Waals surface area contributed by atoms with Gasteiger partial charge in [0.25, 0.3) is 0 Å². The highest BCUT2D eigenvalue weighted by atomic mass is 16.4. The summed E-state index contributed by atoms with van der Waals surface area (Å²) in [6, 6.07) is 0. The molecule has 0 aromatic heterocycles. The lowest BCUT2D eigenvalue weighted by Gasteiger charge is -2.03. The molecule has 72 valence electrons. The predicted octanol–water partition coefficient (Wildman–Crippen LogP) is -1.34. The van der Waals surface area contributed by atoms with Gasteiger partial charge in [-0.15, -0.1) is 0 Å². The first-order valence-corrected chi connectivity index (χ1v) is 3.22. The third-order valence-corrected chi connectivity index (χ3v) is 0.759. The van der Waals surface area contributed by atoms with Gasteiger partial charge in [0.1, 0.15) is 0 Å². The number of likely N-dealkylation sites (N-methyl/N-ethyl adjacent to an activating group) is 1. The molecule has 0 rings (SSSR count). The van der Waals surface area contributed by atoms with Crippen molar-refractivity contribution in [3.05, 3.63) is 0 Å². The smallest absolute Gasteiger partial charge is 0.414 e. The number of nitrogens with zero attached hydrogens (tertiary/aromatic N) is 1. The number of hydrogen-bond donors (Lipinski definition) is 3. The molecule has 0 aromatic carbocycles. The Morgan fingerprint density at radius 2 is 1.58 bits per heavy atom. The molecular formula is C6H14N2O4. The van der Waals surface area contributed by atoms with E-state index in [4.69, 9.17) is 25.5 Å². The van der Waals surface area contributed by atoms with Crippen LogP contribution in [0.1, 0.15) is 0 Å². The molecule has 0 fully saturated rings. The second-order valence-electron chi connectivity index (χ2n) is 2.20. The van der Waals surface area contributed by atoms with Crippen LogP contribution in [0.3, 0.4) is 0 Å². The van der Waals surface area contributed by atoms with Crippen LogP contribution in [-0.2, 0) is 9.59 Å². The summed E-state index contributed by atoms with van der Waals surface area (Å²) in [5, 5.41) is 14.8. The summed E-state index contributed by atoms with van der Waals surface area (Å²) in [6.45, 7) is 1.74. The maximum absolute atomic E-state index is 9.10. The molecule has 0 spiro atoms. The number of aliphatic carboxylic acids is 2. The number of carboxylic acid groups (broad SMARTS) is 2. The van der Waals surface area contributed by atoms with E-state index in [1.54, 1.807) is 0 Å². The minimum Gasteiger partial charge on any atom is -0.473 e. The van der Waals surface area contributed by atoms with Crippen LogP contribution in [0.4, 0.5) is 0 Å². The Hall–Kier alpha value is -1.14. The van der Waals surface area contributed by atoms with Crippen molar-refractivity contribution in [2.75, 3.05) is 27.2 Å². The Morgan fingerprint density at radius 1 is 1.25 bits per heavy atom. The molecule has 0 radical (unpaired) electrons. The molecule has 0 bridgehead atoms. The van der Waals surface area contributed by atoms with E-state index in [-0.39, 0.29) is 0 Å². The van der Waals surface area contributed by atoms with Gasteiger partial charge in [-0.25, -0.2) is 9.59 Å². The Bertz CT molecular complexity index is 134. The van der Waals surface area contributed by atoms with E-state index in [2.05, 4.69) is 4.90 Å². The van der Waals surface area contributed by atoms with Crippen LogP contribution in [0.25, 0.3) is 0 Å². The fraction of sp³-hybridized carbons (Fsp3) is 0.667. The van der Waals surface area contributed by atoms with Gasteiger partial charge in [0.05, 0.1) is 0 Å². The van der Waals surface area contributed by atoms with E-state index in [9.17, 15) is 0 Å². The Kier molecular flexibility index (Phi) is 8.92. The zero-order valence-electron chi connectivity index (χ0n) is 7.15. The summed E-state index contributed by atoms with van der Waals surface area (Å²) in [6.07, 6.45) is 0. The summed E-state index contributed by atoms with van der Waals surface area (Å²) >= 11 is 0. The number of carboxylic acids is 2. The average molecular weight is 178 g/mol. The highest BCUT2D eigenvalue weighted by Gasteiger charge is 2.04. The first-order chi connectivity index (χ1) is 5.41. The van der Waals surface area contributed by atoms with Crippen molar-refractivity contribution in [3.63, 3.8) is 0 Å². The zero-order chi connectivity index (χ0) is 10.1. The molecule has 0 aliphatic carbocycles. The molecule has 0 saturated heterocycles. The van der Waals surface area contributed by atoms with Crippen LogP contribution in [-0.4, -0.2) is 54.2 Å². The van der Waals surface area contributed by atoms with Gasteiger partial charge >= 0.3 is 11.9 Å². The monoisotopic (exact) mass is 178 g/mol. The topological polar surface area (TPSA) is 104 Å². The van der Waals surface area contributed by atoms with Crippen molar-refractivity contribution in [1.82, 2.24) is 4.90 Å². The lowest BCUT2D eigenvalue weighted by atomic mass is 10.6. The number of nitrogens with two attached hydrogens (primary N) is 1.